The average Bonchev–Trinajstić information content (AvgIpc) is 3.35. The van der Waals surface area contributed by atoms with Gasteiger partial charge in [0.25, 0.3) is 5.91 Å². The molecule has 9 heteroatoms. The van der Waals surface area contributed by atoms with Crippen LogP contribution in [0, 0.1) is 5.82 Å². The third-order valence-electron chi connectivity index (χ3n) is 4.82. The monoisotopic (exact) mass is 425 g/mol. The van der Waals surface area contributed by atoms with Crippen molar-refractivity contribution in [3.05, 3.63) is 80.9 Å². The molecule has 1 amide bonds. The first-order valence-electron chi connectivity index (χ1n) is 8.58. The SMILES string of the molecule is CSc1ccc(C2c3c(oc4ccc(F)cc4c3=O)C(=O)N2c2nncs2)cc1. The summed E-state index contributed by atoms with van der Waals surface area (Å²) in [5.41, 5.74) is 2.16. The fourth-order valence-corrected chi connectivity index (χ4v) is 4.51. The summed E-state index contributed by atoms with van der Waals surface area (Å²) < 4.78 is 19.5. The van der Waals surface area contributed by atoms with Crippen molar-refractivity contribution in [3.8, 4) is 0 Å². The summed E-state index contributed by atoms with van der Waals surface area (Å²) in [5.74, 6) is -1.07. The molecule has 29 heavy (non-hydrogen) atoms. The lowest BCUT2D eigenvalue weighted by atomic mass is 9.99. The minimum absolute atomic E-state index is 0.0525. The predicted molar refractivity (Wildman–Crippen MR) is 109 cm³/mol. The number of nitrogens with zero attached hydrogens (tertiary/aromatic N) is 3. The number of hydrogen-bond donors (Lipinski definition) is 0. The Morgan fingerprint density at radius 1 is 1.17 bits per heavy atom. The number of carbonyl (C=O) groups excluding carboxylic acids is 1. The second-order valence-electron chi connectivity index (χ2n) is 6.39. The van der Waals surface area contributed by atoms with E-state index in [1.165, 1.54) is 33.9 Å². The van der Waals surface area contributed by atoms with Crippen molar-refractivity contribution in [3.63, 3.8) is 0 Å². The number of aromatic nitrogens is 2. The Morgan fingerprint density at radius 2 is 1.97 bits per heavy atom. The number of carbonyl (C=O) groups is 1. The van der Waals surface area contributed by atoms with Crippen LogP contribution in [0.3, 0.4) is 0 Å². The number of amides is 1. The fraction of sp³-hybridized carbons (Fsp3) is 0.100. The van der Waals surface area contributed by atoms with Crippen molar-refractivity contribution < 1.29 is 13.6 Å². The van der Waals surface area contributed by atoms with E-state index in [2.05, 4.69) is 10.2 Å². The molecule has 0 fully saturated rings. The highest BCUT2D eigenvalue weighted by molar-refractivity contribution is 7.98. The highest BCUT2D eigenvalue weighted by Gasteiger charge is 2.44. The van der Waals surface area contributed by atoms with Crippen LogP contribution in [0.25, 0.3) is 11.0 Å². The lowest BCUT2D eigenvalue weighted by Gasteiger charge is -2.22. The van der Waals surface area contributed by atoms with Crippen LogP contribution in [0.15, 0.2) is 62.1 Å². The second kappa shape index (κ2) is 6.78. The van der Waals surface area contributed by atoms with Gasteiger partial charge in [0.15, 0.2) is 5.43 Å². The molecule has 2 aromatic carbocycles. The minimum atomic E-state index is -0.731. The maximum atomic E-state index is 13.8. The maximum absolute atomic E-state index is 13.8. The van der Waals surface area contributed by atoms with E-state index in [9.17, 15) is 14.0 Å². The fourth-order valence-electron chi connectivity index (χ4n) is 3.52. The zero-order chi connectivity index (χ0) is 20.1. The average molecular weight is 425 g/mol. The van der Waals surface area contributed by atoms with Crippen molar-refractivity contribution in [2.75, 3.05) is 11.2 Å². The van der Waals surface area contributed by atoms with E-state index in [-0.39, 0.29) is 22.3 Å². The van der Waals surface area contributed by atoms with Gasteiger partial charge < -0.3 is 4.42 Å². The quantitative estimate of drug-likeness (QED) is 0.457. The Labute approximate surface area is 172 Å². The topological polar surface area (TPSA) is 76.3 Å². The predicted octanol–water partition coefficient (Wildman–Crippen LogP) is 4.26. The zero-order valence-electron chi connectivity index (χ0n) is 15.0. The maximum Gasteiger partial charge on any atom is 0.297 e. The van der Waals surface area contributed by atoms with Gasteiger partial charge in [-0.05, 0) is 42.2 Å². The van der Waals surface area contributed by atoms with Gasteiger partial charge in [-0.25, -0.2) is 4.39 Å². The summed E-state index contributed by atoms with van der Waals surface area (Å²) in [7, 11) is 0. The van der Waals surface area contributed by atoms with Crippen LogP contribution >= 0.6 is 23.1 Å². The first kappa shape index (κ1) is 18.0. The lowest BCUT2D eigenvalue weighted by molar-refractivity contribution is 0.0970. The molecular weight excluding hydrogens is 413 g/mol. The van der Waals surface area contributed by atoms with E-state index in [1.54, 1.807) is 11.8 Å². The van der Waals surface area contributed by atoms with Gasteiger partial charge in [-0.2, -0.15) is 0 Å². The number of halogens is 1. The van der Waals surface area contributed by atoms with Gasteiger partial charge in [0, 0.05) is 4.90 Å². The van der Waals surface area contributed by atoms with E-state index in [0.717, 1.165) is 16.5 Å². The zero-order valence-corrected chi connectivity index (χ0v) is 16.6. The van der Waals surface area contributed by atoms with Gasteiger partial charge in [-0.3, -0.25) is 14.5 Å². The number of fused-ring (bicyclic) bond motifs is 2. The first-order valence-corrected chi connectivity index (χ1v) is 10.7. The van der Waals surface area contributed by atoms with Crippen LogP contribution in [-0.2, 0) is 0 Å². The van der Waals surface area contributed by atoms with Crippen LogP contribution in [0.1, 0.15) is 27.7 Å². The molecule has 4 aromatic rings. The number of thioether (sulfide) groups is 1. The molecule has 0 aliphatic carbocycles. The molecule has 0 spiro atoms. The van der Waals surface area contributed by atoms with Crippen molar-refractivity contribution in [1.29, 1.82) is 0 Å². The Bertz CT molecular complexity index is 1300. The normalized spacial score (nSPS) is 15.9. The standard InChI is InChI=1S/C20H12FN3O3S2/c1-28-12-5-2-10(3-6-12)16-15-17(25)13-8-11(21)4-7-14(13)27-18(15)19(26)24(16)20-23-22-9-29-20/h2-9,16H,1H3. The highest BCUT2D eigenvalue weighted by Crippen LogP contribution is 2.41. The molecule has 2 aromatic heterocycles. The van der Waals surface area contributed by atoms with Crippen molar-refractivity contribution in [2.45, 2.75) is 10.9 Å². The highest BCUT2D eigenvalue weighted by atomic mass is 32.2. The summed E-state index contributed by atoms with van der Waals surface area (Å²) in [6.45, 7) is 0. The Hall–Kier alpha value is -3.04. The molecule has 3 heterocycles. The third-order valence-corrected chi connectivity index (χ3v) is 6.25. The minimum Gasteiger partial charge on any atom is -0.450 e. The van der Waals surface area contributed by atoms with Crippen LogP contribution in [0.2, 0.25) is 0 Å². The van der Waals surface area contributed by atoms with Crippen molar-refractivity contribution in [1.82, 2.24) is 10.2 Å². The summed E-state index contributed by atoms with van der Waals surface area (Å²) in [6, 6.07) is 10.5. The van der Waals surface area contributed by atoms with E-state index < -0.39 is 23.2 Å². The summed E-state index contributed by atoms with van der Waals surface area (Å²) in [5, 5.41) is 8.30. The summed E-state index contributed by atoms with van der Waals surface area (Å²) in [4.78, 5) is 29.0. The smallest absolute Gasteiger partial charge is 0.297 e. The molecule has 0 bridgehead atoms. The van der Waals surface area contributed by atoms with E-state index in [1.807, 2.05) is 30.5 Å². The molecule has 144 valence electrons. The Morgan fingerprint density at radius 3 is 2.66 bits per heavy atom. The van der Waals surface area contributed by atoms with E-state index in [4.69, 9.17) is 4.42 Å². The van der Waals surface area contributed by atoms with Gasteiger partial charge in [-0.15, -0.1) is 22.0 Å². The molecule has 1 aliphatic rings. The second-order valence-corrected chi connectivity index (χ2v) is 8.08. The molecule has 0 saturated carbocycles. The summed E-state index contributed by atoms with van der Waals surface area (Å²) >= 11 is 2.78. The molecular formula is C20H12FN3O3S2. The van der Waals surface area contributed by atoms with Gasteiger partial charge in [0.2, 0.25) is 10.9 Å². The van der Waals surface area contributed by atoms with Gasteiger partial charge in [0.1, 0.15) is 16.9 Å². The Kier molecular flexibility index (Phi) is 4.21. The van der Waals surface area contributed by atoms with Crippen molar-refractivity contribution >= 4 is 45.1 Å². The molecule has 5 rings (SSSR count). The molecule has 6 nitrogen and oxygen atoms in total. The van der Waals surface area contributed by atoms with Crippen molar-refractivity contribution in [2.24, 2.45) is 0 Å². The molecule has 1 unspecified atom stereocenters. The van der Waals surface area contributed by atoms with Crippen LogP contribution in [0.4, 0.5) is 9.52 Å². The van der Waals surface area contributed by atoms with E-state index in [0.29, 0.717) is 5.13 Å². The lowest BCUT2D eigenvalue weighted by Crippen LogP contribution is -2.29. The van der Waals surface area contributed by atoms with Crippen LogP contribution in [0.5, 0.6) is 0 Å². The third kappa shape index (κ3) is 2.77. The van der Waals surface area contributed by atoms with E-state index >= 15 is 0 Å². The number of rotatable bonds is 3. The largest absolute Gasteiger partial charge is 0.450 e. The molecule has 0 radical (unpaired) electrons. The summed E-state index contributed by atoms with van der Waals surface area (Å²) in [6.07, 6.45) is 1.96. The molecule has 1 atom stereocenters. The number of hydrogen-bond acceptors (Lipinski definition) is 7. The first-order chi connectivity index (χ1) is 14.1. The molecule has 0 saturated heterocycles. The van der Waals surface area contributed by atoms with Crippen LogP contribution < -0.4 is 10.3 Å². The molecule has 0 N–H and O–H groups in total. The number of benzene rings is 2. The van der Waals surface area contributed by atoms with Gasteiger partial charge in [0.05, 0.1) is 17.0 Å². The van der Waals surface area contributed by atoms with Gasteiger partial charge in [-0.1, -0.05) is 23.5 Å². The van der Waals surface area contributed by atoms with Crippen LogP contribution in [-0.4, -0.2) is 22.4 Å². The van der Waals surface area contributed by atoms with Gasteiger partial charge >= 0.3 is 0 Å². The Balaban J connectivity index is 1.80. The number of anilines is 1. The molecule has 1 aliphatic heterocycles.